The third kappa shape index (κ3) is 5.68. The summed E-state index contributed by atoms with van der Waals surface area (Å²) in [7, 11) is 1.63. The Morgan fingerprint density at radius 1 is 1.06 bits per heavy atom. The topological polar surface area (TPSA) is 38.8 Å². The molecule has 2 aromatic carbocycles. The molecule has 1 amide bonds. The Bertz CT molecular complexity index is 1010. The van der Waals surface area contributed by atoms with Gasteiger partial charge in [-0.1, -0.05) is 37.1 Å². The van der Waals surface area contributed by atoms with Gasteiger partial charge in [-0.2, -0.15) is 0 Å². The van der Waals surface area contributed by atoms with Crippen LogP contribution in [0.4, 0.5) is 4.39 Å². The average molecular weight is 454 g/mol. The predicted molar refractivity (Wildman–Crippen MR) is 125 cm³/mol. The van der Waals surface area contributed by atoms with Crippen molar-refractivity contribution in [3.63, 3.8) is 0 Å². The summed E-state index contributed by atoms with van der Waals surface area (Å²) in [6.07, 6.45) is 4.60. The second-order valence-electron chi connectivity index (χ2n) is 8.12. The minimum atomic E-state index is -0.290. The molecule has 1 aliphatic rings. The monoisotopic (exact) mass is 453 g/mol. The van der Waals surface area contributed by atoms with Gasteiger partial charge in [0.05, 0.1) is 13.5 Å². The molecule has 6 heteroatoms. The number of hydrogen-bond donors (Lipinski definition) is 0. The van der Waals surface area contributed by atoms with Crippen LogP contribution in [0.15, 0.2) is 60.0 Å². The van der Waals surface area contributed by atoms with Crippen molar-refractivity contribution in [3.8, 4) is 11.5 Å². The first kappa shape index (κ1) is 22.3. The van der Waals surface area contributed by atoms with Crippen molar-refractivity contribution < 1.29 is 18.7 Å². The molecule has 3 aromatic rings. The Hall–Kier alpha value is -2.86. The summed E-state index contributed by atoms with van der Waals surface area (Å²) in [5, 5.41) is 2.03. The maximum atomic E-state index is 13.3. The van der Waals surface area contributed by atoms with Crippen molar-refractivity contribution in [1.29, 1.82) is 0 Å². The number of amides is 1. The SMILES string of the molecule is COc1ccc(CN(C(=O)Cc2ccc(F)cc2)C2CCCC2)cc1OCc1cccs1. The van der Waals surface area contributed by atoms with Crippen LogP contribution in [-0.4, -0.2) is 24.0 Å². The molecule has 0 atom stereocenters. The number of carbonyl (C=O) groups is 1. The molecular weight excluding hydrogens is 425 g/mol. The standard InChI is InChI=1S/C26H28FNO3S/c1-30-24-13-10-20(15-25(24)31-18-23-7-4-14-32-23)17-28(22-5-2-3-6-22)26(29)16-19-8-11-21(27)12-9-19/h4,7-15,22H,2-3,5-6,16-18H2,1H3. The maximum Gasteiger partial charge on any atom is 0.227 e. The fraction of sp³-hybridized carbons (Fsp3) is 0.346. The van der Waals surface area contributed by atoms with E-state index in [1.165, 1.54) is 12.1 Å². The lowest BCUT2D eigenvalue weighted by Crippen LogP contribution is -2.39. The van der Waals surface area contributed by atoms with Gasteiger partial charge >= 0.3 is 0 Å². The van der Waals surface area contributed by atoms with E-state index in [9.17, 15) is 9.18 Å². The first-order chi connectivity index (χ1) is 15.6. The van der Waals surface area contributed by atoms with E-state index in [2.05, 4.69) is 0 Å². The molecule has 1 heterocycles. The molecule has 0 bridgehead atoms. The first-order valence-electron chi connectivity index (χ1n) is 11.0. The van der Waals surface area contributed by atoms with Crippen LogP contribution in [0.25, 0.3) is 0 Å². The van der Waals surface area contributed by atoms with E-state index in [-0.39, 0.29) is 24.2 Å². The van der Waals surface area contributed by atoms with Gasteiger partial charge in [-0.05, 0) is 59.7 Å². The lowest BCUT2D eigenvalue weighted by molar-refractivity contribution is -0.133. The lowest BCUT2D eigenvalue weighted by atomic mass is 10.1. The minimum Gasteiger partial charge on any atom is -0.493 e. The van der Waals surface area contributed by atoms with Gasteiger partial charge in [0.15, 0.2) is 11.5 Å². The van der Waals surface area contributed by atoms with E-state index in [0.717, 1.165) is 41.7 Å². The van der Waals surface area contributed by atoms with Gasteiger partial charge in [0.25, 0.3) is 0 Å². The molecule has 0 radical (unpaired) electrons. The Morgan fingerprint density at radius 3 is 2.50 bits per heavy atom. The van der Waals surface area contributed by atoms with E-state index in [1.807, 2.05) is 40.6 Å². The Kier molecular flexibility index (Phi) is 7.43. The zero-order valence-corrected chi connectivity index (χ0v) is 19.1. The molecule has 4 rings (SSSR count). The third-order valence-corrected chi connectivity index (χ3v) is 6.74. The summed E-state index contributed by atoms with van der Waals surface area (Å²) in [5.74, 6) is 1.13. The van der Waals surface area contributed by atoms with Crippen LogP contribution in [-0.2, 0) is 24.4 Å². The molecule has 32 heavy (non-hydrogen) atoms. The maximum absolute atomic E-state index is 13.3. The van der Waals surface area contributed by atoms with Crippen LogP contribution in [0.1, 0.15) is 41.7 Å². The van der Waals surface area contributed by atoms with Crippen molar-refractivity contribution >= 4 is 17.2 Å². The van der Waals surface area contributed by atoms with Gasteiger partial charge in [-0.15, -0.1) is 11.3 Å². The van der Waals surface area contributed by atoms with Crippen LogP contribution in [0, 0.1) is 5.82 Å². The predicted octanol–water partition coefficient (Wildman–Crippen LogP) is 5.99. The number of nitrogens with zero attached hydrogens (tertiary/aromatic N) is 1. The van der Waals surface area contributed by atoms with Crippen LogP contribution < -0.4 is 9.47 Å². The summed E-state index contributed by atoms with van der Waals surface area (Å²) in [6, 6.07) is 16.3. The molecule has 1 saturated carbocycles. The second-order valence-corrected chi connectivity index (χ2v) is 9.15. The van der Waals surface area contributed by atoms with Crippen molar-refractivity contribution in [2.24, 2.45) is 0 Å². The molecular formula is C26H28FNO3S. The molecule has 0 saturated heterocycles. The van der Waals surface area contributed by atoms with Gasteiger partial charge < -0.3 is 14.4 Å². The highest BCUT2D eigenvalue weighted by Gasteiger charge is 2.27. The number of rotatable bonds is 9. The number of hydrogen-bond acceptors (Lipinski definition) is 4. The molecule has 0 N–H and O–H groups in total. The smallest absolute Gasteiger partial charge is 0.227 e. The number of halogens is 1. The second kappa shape index (κ2) is 10.6. The zero-order chi connectivity index (χ0) is 22.3. The summed E-state index contributed by atoms with van der Waals surface area (Å²) in [5.41, 5.74) is 1.83. The van der Waals surface area contributed by atoms with Crippen LogP contribution in [0.3, 0.4) is 0 Å². The van der Waals surface area contributed by atoms with E-state index in [1.54, 1.807) is 30.6 Å². The van der Waals surface area contributed by atoms with E-state index in [4.69, 9.17) is 9.47 Å². The quantitative estimate of drug-likeness (QED) is 0.400. The largest absolute Gasteiger partial charge is 0.493 e. The summed E-state index contributed by atoms with van der Waals surface area (Å²) in [6.45, 7) is 0.997. The Balaban J connectivity index is 1.51. The first-order valence-corrected chi connectivity index (χ1v) is 11.9. The zero-order valence-electron chi connectivity index (χ0n) is 18.3. The highest BCUT2D eigenvalue weighted by atomic mass is 32.1. The number of thiophene rings is 1. The third-order valence-electron chi connectivity index (χ3n) is 5.89. The lowest BCUT2D eigenvalue weighted by Gasteiger charge is -2.29. The summed E-state index contributed by atoms with van der Waals surface area (Å²) in [4.78, 5) is 16.4. The van der Waals surface area contributed by atoms with Gasteiger partial charge in [0, 0.05) is 17.5 Å². The van der Waals surface area contributed by atoms with E-state index in [0.29, 0.717) is 24.7 Å². The van der Waals surface area contributed by atoms with E-state index >= 15 is 0 Å². The van der Waals surface area contributed by atoms with Crippen molar-refractivity contribution in [3.05, 3.63) is 81.8 Å². The highest BCUT2D eigenvalue weighted by Crippen LogP contribution is 2.31. The molecule has 1 aromatic heterocycles. The van der Waals surface area contributed by atoms with Gasteiger partial charge in [-0.3, -0.25) is 4.79 Å². The van der Waals surface area contributed by atoms with Crippen LogP contribution in [0.2, 0.25) is 0 Å². The molecule has 4 nitrogen and oxygen atoms in total. The number of benzene rings is 2. The molecule has 168 valence electrons. The highest BCUT2D eigenvalue weighted by molar-refractivity contribution is 7.09. The minimum absolute atomic E-state index is 0.0698. The van der Waals surface area contributed by atoms with Gasteiger partial charge in [0.1, 0.15) is 12.4 Å². The molecule has 0 aliphatic heterocycles. The van der Waals surface area contributed by atoms with Crippen molar-refractivity contribution in [1.82, 2.24) is 4.90 Å². The van der Waals surface area contributed by atoms with Crippen molar-refractivity contribution in [2.45, 2.75) is 51.3 Å². The molecule has 0 unspecified atom stereocenters. The van der Waals surface area contributed by atoms with E-state index < -0.39 is 0 Å². The normalized spacial score (nSPS) is 13.8. The van der Waals surface area contributed by atoms with Crippen LogP contribution >= 0.6 is 11.3 Å². The van der Waals surface area contributed by atoms with Gasteiger partial charge in [-0.25, -0.2) is 4.39 Å². The number of carbonyl (C=O) groups excluding carboxylic acids is 1. The molecule has 1 aliphatic carbocycles. The Morgan fingerprint density at radius 2 is 1.81 bits per heavy atom. The average Bonchev–Trinajstić information content (AvgIpc) is 3.52. The fourth-order valence-corrected chi connectivity index (χ4v) is 4.80. The molecule has 0 spiro atoms. The number of ether oxygens (including phenoxy) is 2. The molecule has 1 fully saturated rings. The Labute approximate surface area is 192 Å². The summed E-state index contributed by atoms with van der Waals surface area (Å²) >= 11 is 1.65. The van der Waals surface area contributed by atoms with Crippen molar-refractivity contribution in [2.75, 3.05) is 7.11 Å². The van der Waals surface area contributed by atoms with Gasteiger partial charge in [0.2, 0.25) is 5.91 Å². The number of methoxy groups -OCH3 is 1. The summed E-state index contributed by atoms with van der Waals surface area (Å²) < 4.78 is 24.8. The van der Waals surface area contributed by atoms with Crippen LogP contribution in [0.5, 0.6) is 11.5 Å². The fourth-order valence-electron chi connectivity index (χ4n) is 4.19.